The molecule has 0 spiro atoms. The number of β-amino-alcohol motifs (C(OH)–C–C–N with tert-alkyl or cyclic N) is 1. The van der Waals surface area contributed by atoms with Crippen molar-refractivity contribution >= 4 is 5.84 Å². The third-order valence-corrected chi connectivity index (χ3v) is 4.42. The molecule has 0 aromatic carbocycles. The van der Waals surface area contributed by atoms with Crippen LogP contribution in [0, 0.1) is 5.41 Å². The van der Waals surface area contributed by atoms with Gasteiger partial charge in [0.05, 0.1) is 0 Å². The zero-order valence-corrected chi connectivity index (χ0v) is 12.0. The number of aliphatic hydroxyl groups excluding tert-OH is 1. The van der Waals surface area contributed by atoms with E-state index >= 15 is 0 Å². The Bertz CT molecular complexity index is 310. The second-order valence-electron chi connectivity index (χ2n) is 6.20. The van der Waals surface area contributed by atoms with Crippen LogP contribution in [0.4, 0.5) is 0 Å². The number of amidine groups is 1. The van der Waals surface area contributed by atoms with Gasteiger partial charge in [0.1, 0.15) is 18.5 Å². The van der Waals surface area contributed by atoms with Gasteiger partial charge in [-0.25, -0.2) is 0 Å². The van der Waals surface area contributed by atoms with E-state index in [4.69, 9.17) is 10.6 Å². The van der Waals surface area contributed by atoms with E-state index in [1.807, 2.05) is 0 Å². The number of piperidine rings is 1. The first-order valence-corrected chi connectivity index (χ1v) is 7.46. The molecule has 1 atom stereocenters. The predicted molar refractivity (Wildman–Crippen MR) is 75.8 cm³/mol. The second kappa shape index (κ2) is 6.57. The maximum absolute atomic E-state index is 9.91. The fourth-order valence-electron chi connectivity index (χ4n) is 2.76. The molecule has 0 bridgehead atoms. The van der Waals surface area contributed by atoms with Crippen molar-refractivity contribution < 1.29 is 9.94 Å². The lowest BCUT2D eigenvalue weighted by Crippen LogP contribution is -2.41. The van der Waals surface area contributed by atoms with Gasteiger partial charge >= 0.3 is 0 Å². The molecule has 0 aromatic heterocycles. The van der Waals surface area contributed by atoms with Crippen molar-refractivity contribution in [2.24, 2.45) is 16.3 Å². The molecule has 0 amide bonds. The Kier molecular flexibility index (Phi) is 5.05. The molecule has 1 aliphatic carbocycles. The Morgan fingerprint density at radius 1 is 1.32 bits per heavy atom. The van der Waals surface area contributed by atoms with E-state index in [1.54, 1.807) is 0 Å². The van der Waals surface area contributed by atoms with E-state index in [1.165, 1.54) is 25.7 Å². The fraction of sp³-hybridized carbons (Fsp3) is 0.929. The van der Waals surface area contributed by atoms with Gasteiger partial charge in [0, 0.05) is 12.0 Å². The molecule has 1 saturated heterocycles. The van der Waals surface area contributed by atoms with Crippen LogP contribution >= 0.6 is 0 Å². The summed E-state index contributed by atoms with van der Waals surface area (Å²) in [6.45, 7) is 5.18. The third kappa shape index (κ3) is 4.08. The van der Waals surface area contributed by atoms with Crippen LogP contribution in [0.1, 0.15) is 45.4 Å². The van der Waals surface area contributed by atoms with Crippen molar-refractivity contribution in [1.29, 1.82) is 0 Å². The Morgan fingerprint density at radius 3 is 2.58 bits per heavy atom. The molecular weight excluding hydrogens is 242 g/mol. The average molecular weight is 269 g/mol. The molecule has 5 heteroatoms. The molecule has 1 unspecified atom stereocenters. The van der Waals surface area contributed by atoms with E-state index in [-0.39, 0.29) is 12.0 Å². The lowest BCUT2D eigenvalue weighted by molar-refractivity contribution is 0.0141. The SMILES string of the molecule is CC1(/C(N)=N/OCC(O)CN2CCCCC2)CCC1. The molecule has 19 heavy (non-hydrogen) atoms. The summed E-state index contributed by atoms with van der Waals surface area (Å²) in [4.78, 5) is 7.50. The molecule has 1 aliphatic heterocycles. The lowest BCUT2D eigenvalue weighted by Gasteiger charge is -2.36. The summed E-state index contributed by atoms with van der Waals surface area (Å²) in [6.07, 6.45) is 6.68. The third-order valence-electron chi connectivity index (χ3n) is 4.42. The molecule has 5 nitrogen and oxygen atoms in total. The van der Waals surface area contributed by atoms with E-state index in [2.05, 4.69) is 17.0 Å². The second-order valence-corrected chi connectivity index (χ2v) is 6.20. The summed E-state index contributed by atoms with van der Waals surface area (Å²) in [6, 6.07) is 0. The van der Waals surface area contributed by atoms with Crippen molar-refractivity contribution in [3.63, 3.8) is 0 Å². The van der Waals surface area contributed by atoms with Crippen LogP contribution in [-0.2, 0) is 4.84 Å². The quantitative estimate of drug-likeness (QED) is 0.433. The average Bonchev–Trinajstić information content (AvgIpc) is 2.37. The molecule has 110 valence electrons. The van der Waals surface area contributed by atoms with Crippen LogP contribution in [0.15, 0.2) is 5.16 Å². The molecule has 1 heterocycles. The number of aliphatic hydroxyl groups is 1. The molecule has 3 N–H and O–H groups in total. The number of nitrogens with zero attached hydrogens (tertiary/aromatic N) is 2. The number of rotatable bonds is 6. The Balaban J connectivity index is 1.65. The molecule has 1 saturated carbocycles. The maximum atomic E-state index is 9.91. The van der Waals surface area contributed by atoms with Crippen molar-refractivity contribution in [3.8, 4) is 0 Å². The first kappa shape index (κ1) is 14.6. The summed E-state index contributed by atoms with van der Waals surface area (Å²) in [5, 5.41) is 13.9. The van der Waals surface area contributed by atoms with E-state index in [0.717, 1.165) is 25.9 Å². The first-order chi connectivity index (χ1) is 9.10. The summed E-state index contributed by atoms with van der Waals surface area (Å²) in [5.74, 6) is 0.573. The van der Waals surface area contributed by atoms with Crippen LogP contribution in [-0.4, -0.2) is 48.2 Å². The van der Waals surface area contributed by atoms with Gasteiger partial charge in [-0.15, -0.1) is 0 Å². The van der Waals surface area contributed by atoms with Crippen LogP contribution in [0.25, 0.3) is 0 Å². The Labute approximate surface area is 115 Å². The highest BCUT2D eigenvalue weighted by Crippen LogP contribution is 2.40. The van der Waals surface area contributed by atoms with Crippen LogP contribution in [0.5, 0.6) is 0 Å². The highest BCUT2D eigenvalue weighted by Gasteiger charge is 2.36. The van der Waals surface area contributed by atoms with Gasteiger partial charge < -0.3 is 20.6 Å². The molecule has 2 aliphatic rings. The molecule has 2 fully saturated rings. The standard InChI is InChI=1S/C14H27N3O2/c1-14(6-5-7-14)13(15)16-19-11-12(18)10-17-8-3-2-4-9-17/h12,18H,2-11H2,1H3,(H2,15,16). The number of nitrogens with two attached hydrogens (primary N) is 1. The molecular formula is C14H27N3O2. The normalized spacial score (nSPS) is 25.7. The predicted octanol–water partition coefficient (Wildman–Crippen LogP) is 1.31. The highest BCUT2D eigenvalue weighted by molar-refractivity contribution is 5.86. The summed E-state index contributed by atoms with van der Waals surface area (Å²) in [7, 11) is 0. The Morgan fingerprint density at radius 2 is 2.00 bits per heavy atom. The maximum Gasteiger partial charge on any atom is 0.145 e. The van der Waals surface area contributed by atoms with Gasteiger partial charge in [-0.3, -0.25) is 0 Å². The van der Waals surface area contributed by atoms with Crippen LogP contribution in [0.2, 0.25) is 0 Å². The molecule has 0 radical (unpaired) electrons. The van der Waals surface area contributed by atoms with E-state index in [0.29, 0.717) is 12.4 Å². The van der Waals surface area contributed by atoms with Crippen LogP contribution in [0.3, 0.4) is 0 Å². The van der Waals surface area contributed by atoms with Gasteiger partial charge in [-0.05, 0) is 38.8 Å². The highest BCUT2D eigenvalue weighted by atomic mass is 16.6. The van der Waals surface area contributed by atoms with Gasteiger partial charge in [0.2, 0.25) is 0 Å². The van der Waals surface area contributed by atoms with Crippen LogP contribution < -0.4 is 5.73 Å². The zero-order chi connectivity index (χ0) is 13.7. The van der Waals surface area contributed by atoms with Gasteiger partial charge in [0.15, 0.2) is 0 Å². The van der Waals surface area contributed by atoms with Crippen molar-refractivity contribution in [3.05, 3.63) is 0 Å². The summed E-state index contributed by atoms with van der Waals surface area (Å²) < 4.78 is 0. The number of hydrogen-bond acceptors (Lipinski definition) is 4. The number of hydrogen-bond donors (Lipinski definition) is 2. The van der Waals surface area contributed by atoms with Crippen molar-refractivity contribution in [2.75, 3.05) is 26.2 Å². The van der Waals surface area contributed by atoms with Gasteiger partial charge in [-0.2, -0.15) is 0 Å². The smallest absolute Gasteiger partial charge is 0.145 e. The first-order valence-electron chi connectivity index (χ1n) is 7.46. The fourth-order valence-corrected chi connectivity index (χ4v) is 2.76. The Hall–Kier alpha value is -0.810. The van der Waals surface area contributed by atoms with Crippen molar-refractivity contribution in [2.45, 2.75) is 51.6 Å². The largest absolute Gasteiger partial charge is 0.392 e. The van der Waals surface area contributed by atoms with E-state index < -0.39 is 6.10 Å². The zero-order valence-electron chi connectivity index (χ0n) is 12.0. The minimum atomic E-state index is -0.483. The van der Waals surface area contributed by atoms with Gasteiger partial charge in [0.25, 0.3) is 0 Å². The minimum absolute atomic E-state index is 0.0256. The molecule has 2 rings (SSSR count). The topological polar surface area (TPSA) is 71.1 Å². The number of likely N-dealkylation sites (tertiary alicyclic amines) is 1. The van der Waals surface area contributed by atoms with Crippen molar-refractivity contribution in [1.82, 2.24) is 4.90 Å². The number of oxime groups is 1. The minimum Gasteiger partial charge on any atom is -0.392 e. The van der Waals surface area contributed by atoms with Gasteiger partial charge in [-0.1, -0.05) is 24.9 Å². The summed E-state index contributed by atoms with van der Waals surface area (Å²) in [5.41, 5.74) is 5.94. The monoisotopic (exact) mass is 269 g/mol. The summed E-state index contributed by atoms with van der Waals surface area (Å²) >= 11 is 0. The molecule has 0 aromatic rings. The van der Waals surface area contributed by atoms with E-state index in [9.17, 15) is 5.11 Å². The lowest BCUT2D eigenvalue weighted by atomic mass is 9.70.